The van der Waals surface area contributed by atoms with Crippen LogP contribution in [-0.4, -0.2) is 25.0 Å². The maximum atomic E-state index is 11.3. The summed E-state index contributed by atoms with van der Waals surface area (Å²) in [6.45, 7) is 6.71. The number of hydrogen-bond donors (Lipinski definition) is 1. The Kier molecular flexibility index (Phi) is 4.33. The van der Waals surface area contributed by atoms with Crippen LogP contribution in [0.3, 0.4) is 0 Å². The molecule has 0 saturated heterocycles. The molecule has 0 atom stereocenters. The van der Waals surface area contributed by atoms with E-state index in [1.54, 1.807) is 6.92 Å². The van der Waals surface area contributed by atoms with E-state index in [4.69, 9.17) is 0 Å². The van der Waals surface area contributed by atoms with Crippen molar-refractivity contribution in [1.82, 2.24) is 5.32 Å². The van der Waals surface area contributed by atoms with Gasteiger partial charge in [-0.2, -0.15) is 0 Å². The first-order valence-corrected chi connectivity index (χ1v) is 5.92. The molecule has 0 bridgehead atoms. The molecule has 16 heavy (non-hydrogen) atoms. The number of ether oxygens (including phenoxy) is 1. The summed E-state index contributed by atoms with van der Waals surface area (Å²) < 4.78 is 4.62. The van der Waals surface area contributed by atoms with E-state index >= 15 is 0 Å². The lowest BCUT2D eigenvalue weighted by Crippen LogP contribution is -2.43. The molecule has 0 heterocycles. The third-order valence-electron chi connectivity index (χ3n) is 3.38. The average Bonchev–Trinajstić information content (AvgIpc) is 2.11. The van der Waals surface area contributed by atoms with Crippen molar-refractivity contribution in [3.05, 3.63) is 0 Å². The molecule has 1 amide bonds. The normalized spacial score (nSPS) is 16.4. The Hall–Kier alpha value is -1.06. The predicted octanol–water partition coefficient (Wildman–Crippen LogP) is 1.49. The van der Waals surface area contributed by atoms with Gasteiger partial charge in [0.15, 0.2) is 0 Å². The van der Waals surface area contributed by atoms with Crippen LogP contribution in [-0.2, 0) is 14.3 Å². The van der Waals surface area contributed by atoms with Crippen LogP contribution in [0.15, 0.2) is 0 Å². The van der Waals surface area contributed by atoms with Crippen LogP contribution in [0.25, 0.3) is 0 Å². The van der Waals surface area contributed by atoms with E-state index in [0.29, 0.717) is 12.5 Å². The lowest BCUT2D eigenvalue weighted by molar-refractivity contribution is -0.154. The zero-order chi connectivity index (χ0) is 12.2. The first kappa shape index (κ1) is 13.0. The minimum absolute atomic E-state index is 0.0698. The molecule has 1 rings (SSSR count). The lowest BCUT2D eigenvalue weighted by Gasteiger charge is -2.40. The third-order valence-corrected chi connectivity index (χ3v) is 3.38. The standard InChI is InChI=1S/C12H21NO3/c1-4-16-11(15)10(14)13-8-12(2,3)9-6-5-7-9/h9H,4-8H2,1-3H3,(H,13,14). The molecule has 92 valence electrons. The van der Waals surface area contributed by atoms with Crippen LogP contribution in [0.5, 0.6) is 0 Å². The van der Waals surface area contributed by atoms with Crippen molar-refractivity contribution in [2.45, 2.75) is 40.0 Å². The smallest absolute Gasteiger partial charge is 0.396 e. The van der Waals surface area contributed by atoms with Gasteiger partial charge in [0, 0.05) is 6.54 Å². The number of hydrogen-bond acceptors (Lipinski definition) is 3. The Bertz CT molecular complexity index is 269. The summed E-state index contributed by atoms with van der Waals surface area (Å²) in [6.07, 6.45) is 3.73. The van der Waals surface area contributed by atoms with Crippen molar-refractivity contribution in [2.24, 2.45) is 11.3 Å². The van der Waals surface area contributed by atoms with E-state index in [1.165, 1.54) is 19.3 Å². The summed E-state index contributed by atoms with van der Waals surface area (Å²) in [5.74, 6) is -0.754. The minimum atomic E-state index is -0.785. The Balaban J connectivity index is 2.32. The molecule has 1 aliphatic rings. The van der Waals surface area contributed by atoms with E-state index < -0.39 is 11.9 Å². The van der Waals surface area contributed by atoms with Crippen molar-refractivity contribution >= 4 is 11.9 Å². The number of esters is 1. The fraction of sp³-hybridized carbons (Fsp3) is 0.833. The van der Waals surface area contributed by atoms with Crippen molar-refractivity contribution in [2.75, 3.05) is 13.2 Å². The average molecular weight is 227 g/mol. The molecule has 1 N–H and O–H groups in total. The maximum absolute atomic E-state index is 11.3. The SMILES string of the molecule is CCOC(=O)C(=O)NCC(C)(C)C1CCC1. The molecule has 0 aromatic carbocycles. The largest absolute Gasteiger partial charge is 0.459 e. The molecule has 1 saturated carbocycles. The summed E-state index contributed by atoms with van der Waals surface area (Å²) in [7, 11) is 0. The molecular weight excluding hydrogens is 206 g/mol. The second-order valence-corrected chi connectivity index (χ2v) is 5.02. The summed E-state index contributed by atoms with van der Waals surface area (Å²) in [6, 6.07) is 0. The van der Waals surface area contributed by atoms with Crippen LogP contribution in [0.4, 0.5) is 0 Å². The number of carbonyl (C=O) groups is 2. The molecule has 0 unspecified atom stereocenters. The number of carbonyl (C=O) groups excluding carboxylic acids is 2. The first-order valence-electron chi connectivity index (χ1n) is 5.92. The van der Waals surface area contributed by atoms with Crippen LogP contribution in [0.1, 0.15) is 40.0 Å². The van der Waals surface area contributed by atoms with Crippen LogP contribution in [0.2, 0.25) is 0 Å². The fourth-order valence-corrected chi connectivity index (χ4v) is 1.91. The van der Waals surface area contributed by atoms with Gasteiger partial charge in [-0.25, -0.2) is 4.79 Å². The maximum Gasteiger partial charge on any atom is 0.396 e. The van der Waals surface area contributed by atoms with Gasteiger partial charge in [-0.3, -0.25) is 4.79 Å². The highest BCUT2D eigenvalue weighted by molar-refractivity contribution is 6.32. The zero-order valence-electron chi connectivity index (χ0n) is 10.3. The monoisotopic (exact) mass is 227 g/mol. The quantitative estimate of drug-likeness (QED) is 0.585. The van der Waals surface area contributed by atoms with Gasteiger partial charge in [-0.05, 0) is 31.1 Å². The molecule has 1 aliphatic carbocycles. The van der Waals surface area contributed by atoms with Gasteiger partial charge < -0.3 is 10.1 Å². The van der Waals surface area contributed by atoms with Gasteiger partial charge >= 0.3 is 11.9 Å². The topological polar surface area (TPSA) is 55.4 Å². The van der Waals surface area contributed by atoms with E-state index in [2.05, 4.69) is 23.9 Å². The fourth-order valence-electron chi connectivity index (χ4n) is 1.91. The summed E-state index contributed by atoms with van der Waals surface area (Å²) in [5, 5.41) is 2.64. The summed E-state index contributed by atoms with van der Waals surface area (Å²) in [4.78, 5) is 22.4. The minimum Gasteiger partial charge on any atom is -0.459 e. The van der Waals surface area contributed by atoms with Gasteiger partial charge in [0.05, 0.1) is 6.61 Å². The van der Waals surface area contributed by atoms with E-state index in [0.717, 1.165) is 0 Å². The summed E-state index contributed by atoms with van der Waals surface area (Å²) >= 11 is 0. The number of nitrogens with one attached hydrogen (secondary N) is 1. The van der Waals surface area contributed by atoms with Crippen molar-refractivity contribution in [3.63, 3.8) is 0 Å². The first-order chi connectivity index (χ1) is 7.47. The Morgan fingerprint density at radius 1 is 1.38 bits per heavy atom. The van der Waals surface area contributed by atoms with Gasteiger partial charge in [-0.1, -0.05) is 20.3 Å². The number of amides is 1. The van der Waals surface area contributed by atoms with Crippen molar-refractivity contribution in [1.29, 1.82) is 0 Å². The summed E-state index contributed by atoms with van der Waals surface area (Å²) in [5.41, 5.74) is 0.0698. The molecule has 0 aromatic rings. The molecule has 0 radical (unpaired) electrons. The lowest BCUT2D eigenvalue weighted by atomic mass is 9.67. The Morgan fingerprint density at radius 2 is 2.00 bits per heavy atom. The van der Waals surface area contributed by atoms with Crippen molar-refractivity contribution < 1.29 is 14.3 Å². The molecule has 0 aliphatic heterocycles. The molecule has 1 fully saturated rings. The van der Waals surface area contributed by atoms with E-state index in [-0.39, 0.29) is 12.0 Å². The van der Waals surface area contributed by atoms with E-state index in [1.807, 2.05) is 0 Å². The predicted molar refractivity (Wildman–Crippen MR) is 60.8 cm³/mol. The van der Waals surface area contributed by atoms with E-state index in [9.17, 15) is 9.59 Å². The van der Waals surface area contributed by atoms with Crippen LogP contribution in [0, 0.1) is 11.3 Å². The molecule has 4 nitrogen and oxygen atoms in total. The molecule has 0 aromatic heterocycles. The van der Waals surface area contributed by atoms with Crippen LogP contribution < -0.4 is 5.32 Å². The van der Waals surface area contributed by atoms with Crippen molar-refractivity contribution in [3.8, 4) is 0 Å². The molecule has 4 heteroatoms. The highest BCUT2D eigenvalue weighted by Crippen LogP contribution is 2.41. The second-order valence-electron chi connectivity index (χ2n) is 5.02. The van der Waals surface area contributed by atoms with Gasteiger partial charge in [0.1, 0.15) is 0 Å². The second kappa shape index (κ2) is 5.32. The Morgan fingerprint density at radius 3 is 2.44 bits per heavy atom. The van der Waals surface area contributed by atoms with Crippen LogP contribution >= 0.6 is 0 Å². The molecule has 0 spiro atoms. The Labute approximate surface area is 96.7 Å². The highest BCUT2D eigenvalue weighted by Gasteiger charge is 2.34. The third kappa shape index (κ3) is 3.22. The van der Waals surface area contributed by atoms with Gasteiger partial charge in [-0.15, -0.1) is 0 Å². The highest BCUT2D eigenvalue weighted by atomic mass is 16.5. The van der Waals surface area contributed by atoms with Gasteiger partial charge in [0.2, 0.25) is 0 Å². The van der Waals surface area contributed by atoms with Gasteiger partial charge in [0.25, 0.3) is 0 Å². The molecular formula is C12H21NO3. The zero-order valence-corrected chi connectivity index (χ0v) is 10.3. The number of rotatable bonds is 4.